The number of hydrogen-bond acceptors (Lipinski definition) is 1. The lowest BCUT2D eigenvalue weighted by atomic mass is 9.81. The van der Waals surface area contributed by atoms with E-state index < -0.39 is 0 Å². The molecule has 0 spiro atoms. The molecule has 0 radical (unpaired) electrons. The number of amides is 1. The summed E-state index contributed by atoms with van der Waals surface area (Å²) in [4.78, 5) is 12.1. The van der Waals surface area contributed by atoms with Crippen LogP contribution in [0.3, 0.4) is 0 Å². The molecule has 1 aromatic rings. The van der Waals surface area contributed by atoms with E-state index in [1.807, 2.05) is 25.1 Å². The van der Waals surface area contributed by atoms with E-state index in [-0.39, 0.29) is 11.3 Å². The summed E-state index contributed by atoms with van der Waals surface area (Å²) in [6, 6.07) is 5.73. The van der Waals surface area contributed by atoms with Gasteiger partial charge in [-0.1, -0.05) is 39.8 Å². The fourth-order valence-electron chi connectivity index (χ4n) is 1.43. The van der Waals surface area contributed by atoms with E-state index >= 15 is 0 Å². The Morgan fingerprint density at radius 3 is 2.56 bits per heavy atom. The number of carbonyl (C=O) groups excluding carboxylic acids is 1. The first-order valence-electron chi connectivity index (χ1n) is 6.29. The van der Waals surface area contributed by atoms with Crippen molar-refractivity contribution >= 4 is 21.8 Å². The molecule has 3 heteroatoms. The van der Waals surface area contributed by atoms with E-state index in [1.165, 1.54) is 0 Å². The van der Waals surface area contributed by atoms with Crippen molar-refractivity contribution in [1.29, 1.82) is 0 Å². The largest absolute Gasteiger partial charge is 0.351 e. The zero-order valence-electron chi connectivity index (χ0n) is 11.8. The van der Waals surface area contributed by atoms with Gasteiger partial charge in [0.15, 0.2) is 0 Å². The van der Waals surface area contributed by atoms with Crippen LogP contribution in [-0.2, 0) is 0 Å². The number of halogens is 1. The lowest BCUT2D eigenvalue weighted by Gasteiger charge is -2.29. The van der Waals surface area contributed by atoms with Crippen LogP contribution >= 0.6 is 15.9 Å². The summed E-state index contributed by atoms with van der Waals surface area (Å²) in [5.41, 5.74) is 1.88. The molecular formula is C15H22BrNO. The first-order chi connectivity index (χ1) is 8.25. The topological polar surface area (TPSA) is 29.1 Å². The highest BCUT2D eigenvalue weighted by atomic mass is 79.9. The van der Waals surface area contributed by atoms with Crippen LogP contribution in [0.1, 0.15) is 43.6 Å². The van der Waals surface area contributed by atoms with Gasteiger partial charge < -0.3 is 5.32 Å². The third-order valence-corrected chi connectivity index (χ3v) is 4.76. The SMILES string of the molecule is Cc1cccc(C(=O)NCC(C)(C)C(C)C)c1Br. The van der Waals surface area contributed by atoms with Crippen molar-refractivity contribution in [2.75, 3.05) is 6.54 Å². The summed E-state index contributed by atoms with van der Waals surface area (Å²) < 4.78 is 0.879. The molecular weight excluding hydrogens is 290 g/mol. The fourth-order valence-corrected chi connectivity index (χ4v) is 1.87. The number of nitrogens with one attached hydrogen (secondary N) is 1. The van der Waals surface area contributed by atoms with Gasteiger partial charge in [0, 0.05) is 11.0 Å². The Kier molecular flexibility index (Phi) is 4.97. The van der Waals surface area contributed by atoms with E-state index in [1.54, 1.807) is 0 Å². The highest BCUT2D eigenvalue weighted by Gasteiger charge is 2.23. The quantitative estimate of drug-likeness (QED) is 0.888. The number of benzene rings is 1. The van der Waals surface area contributed by atoms with Gasteiger partial charge in [-0.15, -0.1) is 0 Å². The molecule has 0 saturated carbocycles. The molecule has 0 aliphatic rings. The predicted molar refractivity (Wildman–Crippen MR) is 79.8 cm³/mol. The summed E-state index contributed by atoms with van der Waals surface area (Å²) in [6.45, 7) is 11.4. The minimum absolute atomic E-state index is 0.0145. The van der Waals surface area contributed by atoms with Gasteiger partial charge in [0.05, 0.1) is 5.56 Å². The summed E-state index contributed by atoms with van der Waals surface area (Å²) in [7, 11) is 0. The van der Waals surface area contributed by atoms with Gasteiger partial charge in [0.2, 0.25) is 0 Å². The van der Waals surface area contributed by atoms with E-state index in [0.717, 1.165) is 10.0 Å². The summed E-state index contributed by atoms with van der Waals surface area (Å²) in [6.07, 6.45) is 0. The van der Waals surface area contributed by atoms with Gasteiger partial charge in [-0.3, -0.25) is 4.79 Å². The Bertz CT molecular complexity index is 438. The molecule has 0 fully saturated rings. The van der Waals surface area contributed by atoms with Crippen molar-refractivity contribution in [3.05, 3.63) is 33.8 Å². The van der Waals surface area contributed by atoms with Crippen molar-refractivity contribution in [2.24, 2.45) is 11.3 Å². The Balaban J connectivity index is 2.75. The summed E-state index contributed by atoms with van der Waals surface area (Å²) >= 11 is 3.47. The first-order valence-corrected chi connectivity index (χ1v) is 7.08. The molecule has 100 valence electrons. The molecule has 0 bridgehead atoms. The van der Waals surface area contributed by atoms with E-state index in [2.05, 4.69) is 48.9 Å². The standard InChI is InChI=1S/C15H22BrNO/c1-10(2)15(4,5)9-17-14(18)12-8-6-7-11(3)13(12)16/h6-8,10H,9H2,1-5H3,(H,17,18). The molecule has 0 heterocycles. The minimum Gasteiger partial charge on any atom is -0.351 e. The third kappa shape index (κ3) is 3.58. The lowest BCUT2D eigenvalue weighted by Crippen LogP contribution is -2.37. The van der Waals surface area contributed by atoms with Crippen molar-refractivity contribution in [1.82, 2.24) is 5.32 Å². The van der Waals surface area contributed by atoms with Gasteiger partial charge in [-0.25, -0.2) is 0 Å². The van der Waals surface area contributed by atoms with Gasteiger partial charge in [-0.05, 0) is 45.8 Å². The molecule has 1 N–H and O–H groups in total. The maximum atomic E-state index is 12.1. The minimum atomic E-state index is -0.0145. The second-order valence-electron chi connectivity index (χ2n) is 5.76. The molecule has 0 saturated heterocycles. The smallest absolute Gasteiger partial charge is 0.252 e. The Morgan fingerprint density at radius 1 is 1.39 bits per heavy atom. The molecule has 0 aromatic heterocycles. The van der Waals surface area contributed by atoms with Crippen LogP contribution in [0.25, 0.3) is 0 Å². The predicted octanol–water partition coefficient (Wildman–Crippen LogP) is 4.17. The number of aryl methyl sites for hydroxylation is 1. The van der Waals surface area contributed by atoms with Gasteiger partial charge in [0.25, 0.3) is 5.91 Å². The van der Waals surface area contributed by atoms with Crippen molar-refractivity contribution in [3.63, 3.8) is 0 Å². The van der Waals surface area contributed by atoms with Crippen LogP contribution in [0.4, 0.5) is 0 Å². The van der Waals surface area contributed by atoms with E-state index in [4.69, 9.17) is 0 Å². The number of rotatable bonds is 4. The van der Waals surface area contributed by atoms with Gasteiger partial charge in [-0.2, -0.15) is 0 Å². The maximum Gasteiger partial charge on any atom is 0.252 e. The molecule has 1 rings (SSSR count). The van der Waals surface area contributed by atoms with Gasteiger partial charge >= 0.3 is 0 Å². The molecule has 18 heavy (non-hydrogen) atoms. The van der Waals surface area contributed by atoms with Crippen molar-refractivity contribution < 1.29 is 4.79 Å². The molecule has 1 aromatic carbocycles. The van der Waals surface area contributed by atoms with Crippen molar-refractivity contribution in [3.8, 4) is 0 Å². The summed E-state index contributed by atoms with van der Waals surface area (Å²) in [5.74, 6) is 0.512. The van der Waals surface area contributed by atoms with Crippen LogP contribution < -0.4 is 5.32 Å². The van der Waals surface area contributed by atoms with Crippen LogP contribution in [0, 0.1) is 18.3 Å². The fraction of sp³-hybridized carbons (Fsp3) is 0.533. The molecule has 0 aliphatic heterocycles. The van der Waals surface area contributed by atoms with Crippen LogP contribution in [0.5, 0.6) is 0 Å². The lowest BCUT2D eigenvalue weighted by molar-refractivity contribution is 0.0924. The summed E-state index contributed by atoms with van der Waals surface area (Å²) in [5, 5.41) is 3.02. The van der Waals surface area contributed by atoms with Crippen LogP contribution in [0.2, 0.25) is 0 Å². The average molecular weight is 312 g/mol. The average Bonchev–Trinajstić information content (AvgIpc) is 2.29. The highest BCUT2D eigenvalue weighted by Crippen LogP contribution is 2.25. The maximum absolute atomic E-state index is 12.1. The number of hydrogen-bond donors (Lipinski definition) is 1. The monoisotopic (exact) mass is 311 g/mol. The zero-order chi connectivity index (χ0) is 13.9. The molecule has 2 nitrogen and oxygen atoms in total. The Labute approximate surface area is 118 Å². The van der Waals surface area contributed by atoms with E-state index in [0.29, 0.717) is 18.0 Å². The normalized spacial score (nSPS) is 11.7. The zero-order valence-corrected chi connectivity index (χ0v) is 13.4. The third-order valence-electron chi connectivity index (χ3n) is 3.70. The molecule has 0 atom stereocenters. The Hall–Kier alpha value is -0.830. The van der Waals surface area contributed by atoms with Gasteiger partial charge in [0.1, 0.15) is 0 Å². The molecule has 0 unspecified atom stereocenters. The highest BCUT2D eigenvalue weighted by molar-refractivity contribution is 9.10. The van der Waals surface area contributed by atoms with Crippen LogP contribution in [-0.4, -0.2) is 12.5 Å². The first kappa shape index (κ1) is 15.2. The molecule has 0 aliphatic carbocycles. The van der Waals surface area contributed by atoms with E-state index in [9.17, 15) is 4.79 Å². The van der Waals surface area contributed by atoms with Crippen molar-refractivity contribution in [2.45, 2.75) is 34.6 Å². The number of carbonyl (C=O) groups is 1. The second-order valence-corrected chi connectivity index (χ2v) is 6.56. The Morgan fingerprint density at radius 2 is 2.00 bits per heavy atom. The van der Waals surface area contributed by atoms with Crippen LogP contribution in [0.15, 0.2) is 22.7 Å². The second kappa shape index (κ2) is 5.87. The molecule has 1 amide bonds.